The van der Waals surface area contributed by atoms with Crippen molar-refractivity contribution in [2.45, 2.75) is 13.3 Å². The van der Waals surface area contributed by atoms with Gasteiger partial charge in [0.05, 0.1) is 6.42 Å². The molecule has 0 saturated carbocycles. The largest absolute Gasteiger partial charge is 0.481 e. The summed E-state index contributed by atoms with van der Waals surface area (Å²) in [6.07, 6.45) is 1.92. The Labute approximate surface area is 96.0 Å². The molecule has 0 aromatic heterocycles. The molecule has 0 aliphatic carbocycles. The second kappa shape index (κ2) is 5.95. The van der Waals surface area contributed by atoms with Crippen molar-refractivity contribution in [3.63, 3.8) is 0 Å². The van der Waals surface area contributed by atoms with Crippen LogP contribution in [0.25, 0.3) is 0 Å². The lowest BCUT2D eigenvalue weighted by Gasteiger charge is -2.22. The van der Waals surface area contributed by atoms with Gasteiger partial charge in [-0.2, -0.15) is 0 Å². The van der Waals surface area contributed by atoms with Crippen LogP contribution in [0, 0.1) is 6.92 Å². The lowest BCUT2D eigenvalue weighted by molar-refractivity contribution is -0.136. The molecule has 0 radical (unpaired) electrons. The fourth-order valence-corrected chi connectivity index (χ4v) is 1.47. The molecular weight excluding hydrogens is 202 g/mol. The first kappa shape index (κ1) is 12.3. The van der Waals surface area contributed by atoms with Crippen molar-refractivity contribution in [3.8, 4) is 0 Å². The number of rotatable bonds is 6. The molecule has 0 fully saturated rings. The highest BCUT2D eigenvalue weighted by atomic mass is 16.4. The van der Waals surface area contributed by atoms with E-state index in [1.165, 1.54) is 5.56 Å². The molecule has 0 atom stereocenters. The van der Waals surface area contributed by atoms with E-state index in [0.717, 1.165) is 5.69 Å². The minimum atomic E-state index is -0.777. The molecule has 0 saturated heterocycles. The van der Waals surface area contributed by atoms with Crippen LogP contribution in [0.4, 0.5) is 5.69 Å². The quantitative estimate of drug-likeness (QED) is 0.747. The molecule has 3 nitrogen and oxygen atoms in total. The van der Waals surface area contributed by atoms with Crippen molar-refractivity contribution in [3.05, 3.63) is 42.5 Å². The molecule has 1 rings (SSSR count). The maximum absolute atomic E-state index is 10.5. The van der Waals surface area contributed by atoms with E-state index in [1.54, 1.807) is 6.08 Å². The Morgan fingerprint density at radius 1 is 1.44 bits per heavy atom. The van der Waals surface area contributed by atoms with E-state index in [0.29, 0.717) is 13.1 Å². The second-order valence-electron chi connectivity index (χ2n) is 3.71. The standard InChI is InChI=1S/C13H17NO2/c1-3-9-14(10-8-13(15)16)12-6-4-11(2)5-7-12/h3-7H,1,8-10H2,2H3,(H,15,16). The molecule has 3 heteroatoms. The first-order chi connectivity index (χ1) is 7.63. The van der Waals surface area contributed by atoms with Gasteiger partial charge in [0.25, 0.3) is 0 Å². The van der Waals surface area contributed by atoms with E-state index in [-0.39, 0.29) is 6.42 Å². The summed E-state index contributed by atoms with van der Waals surface area (Å²) in [6, 6.07) is 8.04. The van der Waals surface area contributed by atoms with Crippen molar-refractivity contribution in [1.29, 1.82) is 0 Å². The zero-order chi connectivity index (χ0) is 12.0. The van der Waals surface area contributed by atoms with Gasteiger partial charge >= 0.3 is 5.97 Å². The average Bonchev–Trinajstić information content (AvgIpc) is 2.25. The van der Waals surface area contributed by atoms with Gasteiger partial charge in [0, 0.05) is 18.8 Å². The van der Waals surface area contributed by atoms with Crippen molar-refractivity contribution >= 4 is 11.7 Å². The number of aryl methyl sites for hydroxylation is 1. The number of anilines is 1. The van der Waals surface area contributed by atoms with E-state index in [1.807, 2.05) is 36.1 Å². The van der Waals surface area contributed by atoms with Gasteiger partial charge in [-0.05, 0) is 19.1 Å². The normalized spacial score (nSPS) is 9.81. The maximum Gasteiger partial charge on any atom is 0.305 e. The summed E-state index contributed by atoms with van der Waals surface area (Å²) in [4.78, 5) is 12.5. The Morgan fingerprint density at radius 2 is 2.06 bits per heavy atom. The molecule has 1 N–H and O–H groups in total. The minimum Gasteiger partial charge on any atom is -0.481 e. The Bertz CT molecular complexity index is 357. The zero-order valence-electron chi connectivity index (χ0n) is 9.52. The molecule has 1 aromatic carbocycles. The first-order valence-electron chi connectivity index (χ1n) is 5.28. The van der Waals surface area contributed by atoms with Crippen LogP contribution in [0.15, 0.2) is 36.9 Å². The highest BCUT2D eigenvalue weighted by Gasteiger charge is 2.06. The van der Waals surface area contributed by atoms with Crippen LogP contribution in [0.2, 0.25) is 0 Å². The molecule has 0 unspecified atom stereocenters. The first-order valence-corrected chi connectivity index (χ1v) is 5.28. The van der Waals surface area contributed by atoms with Crippen LogP contribution in [0.3, 0.4) is 0 Å². The number of nitrogens with zero attached hydrogens (tertiary/aromatic N) is 1. The summed E-state index contributed by atoms with van der Waals surface area (Å²) in [5.74, 6) is -0.777. The smallest absolute Gasteiger partial charge is 0.305 e. The maximum atomic E-state index is 10.5. The van der Waals surface area contributed by atoms with Gasteiger partial charge in [-0.3, -0.25) is 4.79 Å². The fourth-order valence-electron chi connectivity index (χ4n) is 1.47. The van der Waals surface area contributed by atoms with Gasteiger partial charge in [-0.15, -0.1) is 6.58 Å². The summed E-state index contributed by atoms with van der Waals surface area (Å²) < 4.78 is 0. The minimum absolute atomic E-state index is 0.141. The van der Waals surface area contributed by atoms with E-state index in [9.17, 15) is 4.79 Å². The number of carboxylic acid groups (broad SMARTS) is 1. The third-order valence-electron chi connectivity index (χ3n) is 2.34. The molecule has 16 heavy (non-hydrogen) atoms. The van der Waals surface area contributed by atoms with Gasteiger partial charge in [0.2, 0.25) is 0 Å². The van der Waals surface area contributed by atoms with Crippen molar-refractivity contribution < 1.29 is 9.90 Å². The number of aliphatic carboxylic acids is 1. The van der Waals surface area contributed by atoms with Crippen molar-refractivity contribution in [1.82, 2.24) is 0 Å². The zero-order valence-corrected chi connectivity index (χ0v) is 9.52. The predicted octanol–water partition coefficient (Wildman–Crippen LogP) is 2.46. The summed E-state index contributed by atoms with van der Waals surface area (Å²) in [5.41, 5.74) is 2.23. The molecule has 86 valence electrons. The van der Waals surface area contributed by atoms with E-state index < -0.39 is 5.97 Å². The van der Waals surface area contributed by atoms with E-state index in [4.69, 9.17) is 5.11 Å². The number of benzene rings is 1. The Morgan fingerprint density at radius 3 is 2.56 bits per heavy atom. The molecular formula is C13H17NO2. The molecule has 0 aliphatic rings. The van der Waals surface area contributed by atoms with Gasteiger partial charge < -0.3 is 10.0 Å². The van der Waals surface area contributed by atoms with E-state index >= 15 is 0 Å². The summed E-state index contributed by atoms with van der Waals surface area (Å²) in [5, 5.41) is 8.67. The second-order valence-corrected chi connectivity index (χ2v) is 3.71. The number of carbonyl (C=O) groups is 1. The Balaban J connectivity index is 2.72. The van der Waals surface area contributed by atoms with Crippen LogP contribution in [0.5, 0.6) is 0 Å². The molecule has 0 amide bonds. The highest BCUT2D eigenvalue weighted by molar-refractivity contribution is 5.67. The number of hydrogen-bond acceptors (Lipinski definition) is 2. The van der Waals surface area contributed by atoms with E-state index in [2.05, 4.69) is 6.58 Å². The molecule has 0 aliphatic heterocycles. The van der Waals surface area contributed by atoms with Gasteiger partial charge in [0.15, 0.2) is 0 Å². The summed E-state index contributed by atoms with van der Waals surface area (Å²) in [7, 11) is 0. The molecule has 0 heterocycles. The lowest BCUT2D eigenvalue weighted by Crippen LogP contribution is -2.26. The number of carboxylic acids is 1. The Kier molecular flexibility index (Phi) is 4.58. The highest BCUT2D eigenvalue weighted by Crippen LogP contribution is 2.15. The third kappa shape index (κ3) is 3.77. The molecule has 0 bridgehead atoms. The predicted molar refractivity (Wildman–Crippen MR) is 65.8 cm³/mol. The van der Waals surface area contributed by atoms with Gasteiger partial charge in [-0.25, -0.2) is 0 Å². The van der Waals surface area contributed by atoms with Gasteiger partial charge in [-0.1, -0.05) is 23.8 Å². The van der Waals surface area contributed by atoms with Crippen LogP contribution in [-0.2, 0) is 4.79 Å². The fraction of sp³-hybridized carbons (Fsp3) is 0.308. The Hall–Kier alpha value is -1.77. The topological polar surface area (TPSA) is 40.5 Å². The molecule has 1 aromatic rings. The number of hydrogen-bond donors (Lipinski definition) is 1. The van der Waals surface area contributed by atoms with Crippen LogP contribution in [-0.4, -0.2) is 24.2 Å². The molecule has 0 spiro atoms. The SMILES string of the molecule is C=CCN(CCC(=O)O)c1ccc(C)cc1. The van der Waals surface area contributed by atoms with Crippen molar-refractivity contribution in [2.75, 3.05) is 18.0 Å². The third-order valence-corrected chi connectivity index (χ3v) is 2.34. The average molecular weight is 219 g/mol. The van der Waals surface area contributed by atoms with Crippen LogP contribution in [0.1, 0.15) is 12.0 Å². The van der Waals surface area contributed by atoms with Crippen molar-refractivity contribution in [2.24, 2.45) is 0 Å². The van der Waals surface area contributed by atoms with Crippen LogP contribution >= 0.6 is 0 Å². The summed E-state index contributed by atoms with van der Waals surface area (Å²) >= 11 is 0. The summed E-state index contributed by atoms with van der Waals surface area (Å²) in [6.45, 7) is 6.88. The lowest BCUT2D eigenvalue weighted by atomic mass is 10.2. The van der Waals surface area contributed by atoms with Crippen LogP contribution < -0.4 is 4.90 Å². The van der Waals surface area contributed by atoms with Gasteiger partial charge in [0.1, 0.15) is 0 Å². The monoisotopic (exact) mass is 219 g/mol.